The molecule has 2 N–H and O–H groups in total. The molecule has 1 heterocycles. The van der Waals surface area contributed by atoms with E-state index in [0.717, 1.165) is 16.8 Å². The number of hydrogen-bond donors (Lipinski definition) is 1. The molecule has 1 aliphatic carbocycles. The van der Waals surface area contributed by atoms with E-state index in [9.17, 15) is 26.3 Å². The van der Waals surface area contributed by atoms with E-state index in [-0.39, 0.29) is 23.4 Å². The lowest BCUT2D eigenvalue weighted by atomic mass is 9.95. The maximum Gasteiger partial charge on any atom is 0.435 e. The summed E-state index contributed by atoms with van der Waals surface area (Å²) in [5.41, 5.74) is 3.93. The lowest BCUT2D eigenvalue weighted by Crippen LogP contribution is -2.11. The highest BCUT2D eigenvalue weighted by Gasteiger charge is 2.40. The topological polar surface area (TPSA) is 43.8 Å². The predicted octanol–water partition coefficient (Wildman–Crippen LogP) is 4.37. The minimum Gasteiger partial charge on any atom is -0.397 e. The molecule has 0 saturated carbocycles. The summed E-state index contributed by atoms with van der Waals surface area (Å²) < 4.78 is 78.7. The molecule has 0 saturated heterocycles. The van der Waals surface area contributed by atoms with Crippen LogP contribution in [0.5, 0.6) is 0 Å². The summed E-state index contributed by atoms with van der Waals surface area (Å²) in [5, 5.41) is 3.62. The van der Waals surface area contributed by atoms with E-state index < -0.39 is 23.6 Å². The summed E-state index contributed by atoms with van der Waals surface area (Å²) in [5.74, 6) is 0. The van der Waals surface area contributed by atoms with Crippen molar-refractivity contribution >= 4 is 5.69 Å². The number of nitrogen functional groups attached to an aromatic ring is 1. The van der Waals surface area contributed by atoms with Gasteiger partial charge in [0.1, 0.15) is 0 Å². The second-order valence-electron chi connectivity index (χ2n) is 5.66. The third kappa shape index (κ3) is 2.83. The molecule has 0 radical (unpaired) electrons. The number of alkyl halides is 6. The van der Waals surface area contributed by atoms with Crippen molar-refractivity contribution in [3.63, 3.8) is 0 Å². The number of benzene rings is 1. The SMILES string of the molecule is Nc1cc(C(F)(F)F)ccc1-n1nc(C(F)(F)F)c2c1CCCC2. The number of anilines is 1. The van der Waals surface area contributed by atoms with Gasteiger partial charge >= 0.3 is 12.4 Å². The summed E-state index contributed by atoms with van der Waals surface area (Å²) in [6.07, 6.45) is -7.27. The summed E-state index contributed by atoms with van der Waals surface area (Å²) in [4.78, 5) is 0. The Bertz CT molecular complexity index is 773. The normalized spacial score (nSPS) is 15.4. The van der Waals surface area contributed by atoms with Gasteiger partial charge in [-0.2, -0.15) is 31.4 Å². The highest BCUT2D eigenvalue weighted by molar-refractivity contribution is 5.60. The number of halogens is 6. The molecular weight excluding hydrogens is 336 g/mol. The molecule has 0 fully saturated rings. The highest BCUT2D eigenvalue weighted by Crippen LogP contribution is 2.38. The third-order valence-corrected chi connectivity index (χ3v) is 4.03. The van der Waals surface area contributed by atoms with Gasteiger partial charge < -0.3 is 5.73 Å². The monoisotopic (exact) mass is 349 g/mol. The van der Waals surface area contributed by atoms with Crippen molar-refractivity contribution < 1.29 is 26.3 Å². The fourth-order valence-electron chi connectivity index (χ4n) is 2.95. The van der Waals surface area contributed by atoms with Crippen molar-refractivity contribution in [2.45, 2.75) is 38.0 Å². The number of fused-ring (bicyclic) bond motifs is 1. The van der Waals surface area contributed by atoms with E-state index in [2.05, 4.69) is 5.10 Å². The average molecular weight is 349 g/mol. The quantitative estimate of drug-likeness (QED) is 0.614. The third-order valence-electron chi connectivity index (χ3n) is 4.03. The van der Waals surface area contributed by atoms with Gasteiger partial charge in [-0.15, -0.1) is 0 Å². The van der Waals surface area contributed by atoms with E-state index in [4.69, 9.17) is 5.73 Å². The number of aromatic nitrogens is 2. The fraction of sp³-hybridized carbons (Fsp3) is 0.400. The van der Waals surface area contributed by atoms with Crippen LogP contribution in [-0.4, -0.2) is 9.78 Å². The van der Waals surface area contributed by atoms with E-state index in [1.165, 1.54) is 0 Å². The molecule has 3 rings (SSSR count). The van der Waals surface area contributed by atoms with Crippen molar-refractivity contribution in [2.24, 2.45) is 0 Å². The first-order valence-electron chi connectivity index (χ1n) is 7.24. The van der Waals surface area contributed by atoms with E-state index in [0.29, 0.717) is 31.0 Å². The zero-order valence-electron chi connectivity index (χ0n) is 12.3. The van der Waals surface area contributed by atoms with Crippen LogP contribution in [0.4, 0.5) is 32.0 Å². The average Bonchev–Trinajstić information content (AvgIpc) is 2.86. The zero-order chi connectivity index (χ0) is 17.7. The van der Waals surface area contributed by atoms with Crippen LogP contribution < -0.4 is 5.73 Å². The molecule has 0 aliphatic heterocycles. The Labute approximate surface area is 133 Å². The van der Waals surface area contributed by atoms with Gasteiger partial charge in [0.15, 0.2) is 5.69 Å². The van der Waals surface area contributed by atoms with Gasteiger partial charge in [-0.05, 0) is 43.9 Å². The minimum absolute atomic E-state index is 0.0247. The van der Waals surface area contributed by atoms with Crippen LogP contribution in [-0.2, 0) is 25.2 Å². The van der Waals surface area contributed by atoms with E-state index >= 15 is 0 Å². The number of nitrogens with zero attached hydrogens (tertiary/aromatic N) is 2. The Morgan fingerprint density at radius 3 is 2.21 bits per heavy atom. The van der Waals surface area contributed by atoms with Gasteiger partial charge in [0, 0.05) is 11.3 Å². The molecule has 1 aromatic carbocycles. The number of nitrogens with two attached hydrogens (primary N) is 1. The van der Waals surface area contributed by atoms with Gasteiger partial charge in [-0.3, -0.25) is 0 Å². The summed E-state index contributed by atoms with van der Waals surface area (Å²) >= 11 is 0. The Balaban J connectivity index is 2.15. The molecule has 130 valence electrons. The van der Waals surface area contributed by atoms with Crippen molar-refractivity contribution in [1.29, 1.82) is 0 Å². The molecule has 24 heavy (non-hydrogen) atoms. The first kappa shape index (κ1) is 16.7. The first-order valence-corrected chi connectivity index (χ1v) is 7.24. The van der Waals surface area contributed by atoms with E-state index in [1.54, 1.807) is 0 Å². The summed E-state index contributed by atoms with van der Waals surface area (Å²) in [6.45, 7) is 0. The molecular formula is C15H13F6N3. The standard InChI is InChI=1S/C15H13F6N3/c16-14(17,18)8-5-6-12(10(22)7-8)24-11-4-2-1-3-9(11)13(23-24)15(19,20)21/h5-7H,1-4,22H2. The van der Waals surface area contributed by atoms with Crippen LogP contribution in [0.1, 0.15) is 35.4 Å². The molecule has 3 nitrogen and oxygen atoms in total. The highest BCUT2D eigenvalue weighted by atomic mass is 19.4. The molecule has 0 amide bonds. The molecule has 0 bridgehead atoms. The van der Waals surface area contributed by atoms with Crippen molar-refractivity contribution in [2.75, 3.05) is 5.73 Å². The second-order valence-corrected chi connectivity index (χ2v) is 5.66. The predicted molar refractivity (Wildman–Crippen MR) is 74.6 cm³/mol. The summed E-state index contributed by atoms with van der Waals surface area (Å²) in [6, 6.07) is 2.55. The first-order chi connectivity index (χ1) is 11.1. The zero-order valence-corrected chi connectivity index (χ0v) is 12.3. The molecule has 2 aromatic rings. The second kappa shape index (κ2) is 5.42. The fourth-order valence-corrected chi connectivity index (χ4v) is 2.95. The lowest BCUT2D eigenvalue weighted by molar-refractivity contribution is -0.142. The van der Waals surface area contributed by atoms with Gasteiger partial charge in [-0.25, -0.2) is 4.68 Å². The van der Waals surface area contributed by atoms with Gasteiger partial charge in [0.25, 0.3) is 0 Å². The van der Waals surface area contributed by atoms with Crippen molar-refractivity contribution in [1.82, 2.24) is 9.78 Å². The number of hydrogen-bond acceptors (Lipinski definition) is 2. The van der Waals surface area contributed by atoms with Crippen LogP contribution >= 0.6 is 0 Å². The Morgan fingerprint density at radius 2 is 1.62 bits per heavy atom. The minimum atomic E-state index is -4.62. The molecule has 0 spiro atoms. The molecule has 1 aromatic heterocycles. The molecule has 9 heteroatoms. The Morgan fingerprint density at radius 1 is 0.958 bits per heavy atom. The molecule has 0 unspecified atom stereocenters. The van der Waals surface area contributed by atoms with Gasteiger partial charge in [0.2, 0.25) is 0 Å². The van der Waals surface area contributed by atoms with Gasteiger partial charge in [0.05, 0.1) is 16.9 Å². The van der Waals surface area contributed by atoms with Gasteiger partial charge in [-0.1, -0.05) is 0 Å². The molecule has 0 atom stereocenters. The van der Waals surface area contributed by atoms with E-state index in [1.807, 2.05) is 0 Å². The van der Waals surface area contributed by atoms with Crippen molar-refractivity contribution in [3.8, 4) is 5.69 Å². The van der Waals surface area contributed by atoms with Crippen LogP contribution in [0.3, 0.4) is 0 Å². The van der Waals surface area contributed by atoms with Crippen LogP contribution in [0, 0.1) is 0 Å². The van der Waals surface area contributed by atoms with Crippen molar-refractivity contribution in [3.05, 3.63) is 40.7 Å². The Hall–Kier alpha value is -2.19. The maximum absolute atomic E-state index is 13.2. The largest absolute Gasteiger partial charge is 0.435 e. The number of rotatable bonds is 1. The lowest BCUT2D eigenvalue weighted by Gasteiger charge is -2.16. The van der Waals surface area contributed by atoms with Crippen LogP contribution in [0.2, 0.25) is 0 Å². The smallest absolute Gasteiger partial charge is 0.397 e. The maximum atomic E-state index is 13.2. The van der Waals surface area contributed by atoms with Crippen LogP contribution in [0.15, 0.2) is 18.2 Å². The Kier molecular flexibility index (Phi) is 3.76. The summed E-state index contributed by atoms with van der Waals surface area (Å²) in [7, 11) is 0. The molecule has 1 aliphatic rings. The van der Waals surface area contributed by atoms with Crippen LogP contribution in [0.25, 0.3) is 5.69 Å².